The van der Waals surface area contributed by atoms with Crippen LogP contribution in [0, 0.1) is 0 Å². The minimum atomic E-state index is 1.01. The minimum Gasteiger partial charge on any atom is -0.351 e. The topological polar surface area (TPSA) is 17.8 Å². The van der Waals surface area contributed by atoms with Crippen molar-refractivity contribution < 1.29 is 0 Å². The zero-order valence-corrected chi connectivity index (χ0v) is 10.2. The van der Waals surface area contributed by atoms with Crippen LogP contribution in [0.4, 0.5) is 0 Å². The first-order valence-electron chi connectivity index (χ1n) is 5.98. The molecule has 18 heavy (non-hydrogen) atoms. The average molecular weight is 234 g/mol. The molecule has 3 rings (SSSR count). The van der Waals surface area contributed by atoms with E-state index >= 15 is 0 Å². The van der Waals surface area contributed by atoms with Gasteiger partial charge in [0.25, 0.3) is 0 Å². The molecule has 3 aromatic rings. The molecule has 0 spiro atoms. The van der Waals surface area contributed by atoms with Gasteiger partial charge < -0.3 is 4.57 Å². The molecule has 2 heteroatoms. The second-order valence-corrected chi connectivity index (χ2v) is 4.26. The van der Waals surface area contributed by atoms with Crippen LogP contribution in [-0.4, -0.2) is 9.55 Å². The SMILES string of the molecule is Cn1cccc1-c1ccccc1-c1ccccn1. The van der Waals surface area contributed by atoms with Crippen LogP contribution >= 0.6 is 0 Å². The number of hydrogen-bond donors (Lipinski definition) is 0. The largest absolute Gasteiger partial charge is 0.351 e. The van der Waals surface area contributed by atoms with Crippen LogP contribution in [0.15, 0.2) is 67.0 Å². The molecule has 0 saturated heterocycles. The highest BCUT2D eigenvalue weighted by atomic mass is 14.9. The van der Waals surface area contributed by atoms with Crippen LogP contribution in [0.1, 0.15) is 0 Å². The summed E-state index contributed by atoms with van der Waals surface area (Å²) in [6.45, 7) is 0. The molecule has 1 aromatic carbocycles. The number of aromatic nitrogens is 2. The number of pyridine rings is 1. The van der Waals surface area contributed by atoms with Crippen molar-refractivity contribution in [1.29, 1.82) is 0 Å². The Labute approximate surface area is 107 Å². The highest BCUT2D eigenvalue weighted by Crippen LogP contribution is 2.30. The molecular formula is C16H14N2. The minimum absolute atomic E-state index is 1.01. The van der Waals surface area contributed by atoms with E-state index in [-0.39, 0.29) is 0 Å². The summed E-state index contributed by atoms with van der Waals surface area (Å²) in [6.07, 6.45) is 3.89. The molecule has 0 aliphatic carbocycles. The smallest absolute Gasteiger partial charge is 0.0708 e. The predicted octanol–water partition coefficient (Wildman–Crippen LogP) is 3.75. The van der Waals surface area contributed by atoms with Crippen LogP contribution in [0.25, 0.3) is 22.5 Å². The standard InChI is InChI=1S/C16H14N2/c1-18-12-6-10-16(18)14-8-3-2-7-13(14)15-9-4-5-11-17-15/h2-12H,1H3. The third kappa shape index (κ3) is 1.82. The van der Waals surface area contributed by atoms with Crippen molar-refractivity contribution in [2.45, 2.75) is 0 Å². The molecule has 0 saturated carbocycles. The monoisotopic (exact) mass is 234 g/mol. The van der Waals surface area contributed by atoms with Gasteiger partial charge in [-0.05, 0) is 24.3 Å². The summed E-state index contributed by atoms with van der Waals surface area (Å²) in [4.78, 5) is 4.44. The van der Waals surface area contributed by atoms with Gasteiger partial charge in [0.15, 0.2) is 0 Å². The van der Waals surface area contributed by atoms with Crippen LogP contribution in [0.2, 0.25) is 0 Å². The Morgan fingerprint density at radius 2 is 1.61 bits per heavy atom. The Kier molecular flexibility index (Phi) is 2.69. The lowest BCUT2D eigenvalue weighted by atomic mass is 10.0. The summed E-state index contributed by atoms with van der Waals surface area (Å²) in [6, 6.07) is 18.6. The Morgan fingerprint density at radius 1 is 0.833 bits per heavy atom. The van der Waals surface area contributed by atoms with Crippen LogP contribution < -0.4 is 0 Å². The Balaban J connectivity index is 2.21. The highest BCUT2D eigenvalue weighted by Gasteiger charge is 2.09. The van der Waals surface area contributed by atoms with Crippen molar-refractivity contribution in [1.82, 2.24) is 9.55 Å². The Bertz CT molecular complexity index is 654. The van der Waals surface area contributed by atoms with Crippen molar-refractivity contribution in [3.05, 3.63) is 67.0 Å². The maximum atomic E-state index is 4.44. The lowest BCUT2D eigenvalue weighted by molar-refractivity contribution is 0.937. The van der Waals surface area contributed by atoms with E-state index in [9.17, 15) is 0 Å². The van der Waals surface area contributed by atoms with Gasteiger partial charge in [-0.3, -0.25) is 4.98 Å². The molecule has 2 aromatic heterocycles. The summed E-state index contributed by atoms with van der Waals surface area (Å²) < 4.78 is 2.13. The van der Waals surface area contributed by atoms with Crippen LogP contribution in [-0.2, 0) is 7.05 Å². The maximum absolute atomic E-state index is 4.44. The molecule has 0 fully saturated rings. The second kappa shape index (κ2) is 4.49. The van der Waals surface area contributed by atoms with Crippen LogP contribution in [0.5, 0.6) is 0 Å². The van der Waals surface area contributed by atoms with Gasteiger partial charge >= 0.3 is 0 Å². The molecule has 0 aliphatic rings. The second-order valence-electron chi connectivity index (χ2n) is 4.26. The zero-order chi connectivity index (χ0) is 12.4. The summed E-state index contributed by atoms with van der Waals surface area (Å²) in [5.41, 5.74) is 4.59. The number of rotatable bonds is 2. The first-order valence-corrected chi connectivity index (χ1v) is 5.98. The normalized spacial score (nSPS) is 10.5. The summed E-state index contributed by atoms with van der Waals surface area (Å²) in [7, 11) is 2.06. The number of aryl methyl sites for hydroxylation is 1. The van der Waals surface area contributed by atoms with E-state index in [1.165, 1.54) is 16.8 Å². The van der Waals surface area contributed by atoms with E-state index < -0.39 is 0 Å². The van der Waals surface area contributed by atoms with Gasteiger partial charge in [-0.25, -0.2) is 0 Å². The Hall–Kier alpha value is -2.35. The summed E-state index contributed by atoms with van der Waals surface area (Å²) in [5, 5.41) is 0. The van der Waals surface area contributed by atoms with Crippen molar-refractivity contribution in [2.75, 3.05) is 0 Å². The molecule has 0 bridgehead atoms. The van der Waals surface area contributed by atoms with E-state index in [4.69, 9.17) is 0 Å². The number of benzene rings is 1. The van der Waals surface area contributed by atoms with E-state index in [0.717, 1.165) is 5.69 Å². The first-order chi connectivity index (χ1) is 8.86. The molecule has 2 nitrogen and oxygen atoms in total. The number of nitrogens with zero attached hydrogens (tertiary/aromatic N) is 2. The molecule has 0 unspecified atom stereocenters. The molecule has 2 heterocycles. The predicted molar refractivity (Wildman–Crippen MR) is 74.1 cm³/mol. The highest BCUT2D eigenvalue weighted by molar-refractivity contribution is 5.80. The fraction of sp³-hybridized carbons (Fsp3) is 0.0625. The maximum Gasteiger partial charge on any atom is 0.0708 e. The molecule has 0 radical (unpaired) electrons. The quantitative estimate of drug-likeness (QED) is 0.660. The van der Waals surface area contributed by atoms with Gasteiger partial charge in [-0.2, -0.15) is 0 Å². The average Bonchev–Trinajstić information content (AvgIpc) is 2.86. The van der Waals surface area contributed by atoms with Gasteiger partial charge in [0.05, 0.1) is 5.69 Å². The van der Waals surface area contributed by atoms with E-state index in [2.05, 4.69) is 59.2 Å². The summed E-state index contributed by atoms with van der Waals surface area (Å²) >= 11 is 0. The van der Waals surface area contributed by atoms with Crippen molar-refractivity contribution in [3.8, 4) is 22.5 Å². The lowest BCUT2D eigenvalue weighted by Crippen LogP contribution is -1.92. The molecule has 0 N–H and O–H groups in total. The van der Waals surface area contributed by atoms with Crippen molar-refractivity contribution in [2.24, 2.45) is 7.05 Å². The summed E-state index contributed by atoms with van der Waals surface area (Å²) in [5.74, 6) is 0. The van der Waals surface area contributed by atoms with Gasteiger partial charge in [-0.15, -0.1) is 0 Å². The number of hydrogen-bond acceptors (Lipinski definition) is 1. The van der Waals surface area contributed by atoms with Crippen molar-refractivity contribution in [3.63, 3.8) is 0 Å². The van der Waals surface area contributed by atoms with Gasteiger partial charge in [0, 0.05) is 36.3 Å². The molecule has 0 atom stereocenters. The van der Waals surface area contributed by atoms with Gasteiger partial charge in [0.1, 0.15) is 0 Å². The van der Waals surface area contributed by atoms with E-state index in [1.54, 1.807) is 0 Å². The van der Waals surface area contributed by atoms with E-state index in [1.807, 2.05) is 24.4 Å². The fourth-order valence-corrected chi connectivity index (χ4v) is 2.19. The molecule has 0 amide bonds. The molecule has 0 aliphatic heterocycles. The molecule has 88 valence electrons. The van der Waals surface area contributed by atoms with Crippen LogP contribution in [0.3, 0.4) is 0 Å². The Morgan fingerprint density at radius 3 is 2.28 bits per heavy atom. The molecular weight excluding hydrogens is 220 g/mol. The zero-order valence-electron chi connectivity index (χ0n) is 10.2. The van der Waals surface area contributed by atoms with Gasteiger partial charge in [0.2, 0.25) is 0 Å². The lowest BCUT2D eigenvalue weighted by Gasteiger charge is -2.10. The fourth-order valence-electron chi connectivity index (χ4n) is 2.19. The van der Waals surface area contributed by atoms with E-state index in [0.29, 0.717) is 0 Å². The first kappa shape index (κ1) is 10.8. The third-order valence-corrected chi connectivity index (χ3v) is 3.09. The third-order valence-electron chi connectivity index (χ3n) is 3.09. The van der Waals surface area contributed by atoms with Gasteiger partial charge in [-0.1, -0.05) is 30.3 Å². The van der Waals surface area contributed by atoms with Crippen molar-refractivity contribution >= 4 is 0 Å².